The number of allylic oxidation sites excluding steroid dienone is 1. The van der Waals surface area contributed by atoms with Crippen LogP contribution in [0.15, 0.2) is 89.9 Å². The van der Waals surface area contributed by atoms with Crippen LogP contribution in [-0.4, -0.2) is 39.7 Å². The Morgan fingerprint density at radius 3 is 2.53 bits per heavy atom. The number of hydrogen-bond donors (Lipinski definition) is 3. The highest BCUT2D eigenvalue weighted by atomic mass is 16.3. The fraction of sp³-hybridized carbons (Fsp3) is 0.200. The van der Waals surface area contributed by atoms with Crippen molar-refractivity contribution in [2.24, 2.45) is 4.99 Å². The number of carbonyl (C=O) groups excluding carboxylic acids is 1. The number of aromatic nitrogens is 1. The van der Waals surface area contributed by atoms with Crippen LogP contribution < -0.4 is 5.32 Å². The summed E-state index contributed by atoms with van der Waals surface area (Å²) in [6.07, 6.45) is 5.72. The average Bonchev–Trinajstić information content (AvgIpc) is 3.51. The van der Waals surface area contributed by atoms with Gasteiger partial charge in [0.25, 0.3) is 0 Å². The number of fused-ring (bicyclic) bond motifs is 1. The predicted molar refractivity (Wildman–Crippen MR) is 146 cm³/mol. The number of carbonyl (C=O) groups is 1. The summed E-state index contributed by atoms with van der Waals surface area (Å²) in [5.74, 6) is -0.164. The van der Waals surface area contributed by atoms with Crippen LogP contribution in [0.3, 0.4) is 0 Å². The number of nitrogens with one attached hydrogen (secondary N) is 2. The van der Waals surface area contributed by atoms with Gasteiger partial charge in [-0.05, 0) is 74.8 Å². The Kier molecular flexibility index (Phi) is 6.96. The number of H-pyrrole nitrogens is 1. The summed E-state index contributed by atoms with van der Waals surface area (Å²) in [5, 5.41) is 14.6. The van der Waals surface area contributed by atoms with E-state index in [1.807, 2.05) is 60.7 Å². The first-order valence-electron chi connectivity index (χ1n) is 12.3. The summed E-state index contributed by atoms with van der Waals surface area (Å²) >= 11 is 0. The molecule has 0 atom stereocenters. The quantitative estimate of drug-likeness (QED) is 0.220. The number of aliphatic imine (C=N–C) groups is 1. The SMILES string of the molecule is C/C=C/C(=O)Nc1ccc2c(C(=Nc3ccc(CN4CCCC4)cc3)c3ccccc3)c(O)[nH]c2c1. The number of aromatic hydroxyl groups is 1. The number of rotatable bonds is 7. The summed E-state index contributed by atoms with van der Waals surface area (Å²) in [5.41, 5.74) is 5.67. The summed E-state index contributed by atoms with van der Waals surface area (Å²) < 4.78 is 0. The Hall–Kier alpha value is -4.16. The van der Waals surface area contributed by atoms with Gasteiger partial charge in [-0.1, -0.05) is 48.5 Å². The first-order chi connectivity index (χ1) is 17.6. The molecule has 1 aliphatic rings. The van der Waals surface area contributed by atoms with Crippen molar-refractivity contribution < 1.29 is 9.90 Å². The Labute approximate surface area is 211 Å². The minimum absolute atomic E-state index is 0.0372. The zero-order chi connectivity index (χ0) is 24.9. The lowest BCUT2D eigenvalue weighted by Crippen LogP contribution is -2.18. The third-order valence-corrected chi connectivity index (χ3v) is 6.43. The second-order valence-corrected chi connectivity index (χ2v) is 9.07. The minimum atomic E-state index is -0.201. The van der Waals surface area contributed by atoms with E-state index in [9.17, 15) is 9.90 Å². The summed E-state index contributed by atoms with van der Waals surface area (Å²) in [6.45, 7) is 5.09. The second-order valence-electron chi connectivity index (χ2n) is 9.07. The lowest BCUT2D eigenvalue weighted by atomic mass is 10.0. The average molecular weight is 479 g/mol. The summed E-state index contributed by atoms with van der Waals surface area (Å²) in [7, 11) is 0. The lowest BCUT2D eigenvalue weighted by Gasteiger charge is -2.14. The summed E-state index contributed by atoms with van der Waals surface area (Å²) in [4.78, 5) is 22.5. The number of likely N-dealkylation sites (tertiary alicyclic amines) is 1. The van der Waals surface area contributed by atoms with Crippen LogP contribution in [0.4, 0.5) is 11.4 Å². The molecule has 6 nitrogen and oxygen atoms in total. The highest BCUT2D eigenvalue weighted by Gasteiger charge is 2.19. The standard InChI is InChI=1S/C30H30N4O2/c1-2-8-27(35)31-24-15-16-25-26(19-24)33-30(36)28(25)29(22-9-4-3-5-10-22)32-23-13-11-21(12-14-23)20-34-17-6-7-18-34/h2-5,8-16,19,33,36H,6-7,17-18,20H2,1H3,(H,31,35)/b8-2+,32-29?. The van der Waals surface area contributed by atoms with E-state index in [0.717, 1.165) is 23.2 Å². The van der Waals surface area contributed by atoms with E-state index in [1.165, 1.54) is 37.6 Å². The molecule has 6 heteroatoms. The molecule has 182 valence electrons. The van der Waals surface area contributed by atoms with Crippen LogP contribution in [0.25, 0.3) is 10.9 Å². The first-order valence-corrected chi connectivity index (χ1v) is 12.3. The highest BCUT2D eigenvalue weighted by Crippen LogP contribution is 2.33. The van der Waals surface area contributed by atoms with Crippen molar-refractivity contribution in [3.05, 3.63) is 102 Å². The van der Waals surface area contributed by atoms with Crippen LogP contribution in [0.5, 0.6) is 5.88 Å². The van der Waals surface area contributed by atoms with Crippen LogP contribution >= 0.6 is 0 Å². The fourth-order valence-corrected chi connectivity index (χ4v) is 4.70. The van der Waals surface area contributed by atoms with Gasteiger partial charge in [-0.2, -0.15) is 0 Å². The van der Waals surface area contributed by atoms with Crippen molar-refractivity contribution >= 4 is 33.9 Å². The Morgan fingerprint density at radius 1 is 1.06 bits per heavy atom. The van der Waals surface area contributed by atoms with Gasteiger partial charge >= 0.3 is 0 Å². The number of anilines is 1. The van der Waals surface area contributed by atoms with Gasteiger partial charge in [0.1, 0.15) is 0 Å². The van der Waals surface area contributed by atoms with E-state index in [-0.39, 0.29) is 11.8 Å². The summed E-state index contributed by atoms with van der Waals surface area (Å²) in [6, 6.07) is 23.7. The number of nitrogens with zero attached hydrogens (tertiary/aromatic N) is 2. The van der Waals surface area contributed by atoms with E-state index in [0.29, 0.717) is 22.5 Å². The molecule has 1 amide bonds. The van der Waals surface area contributed by atoms with E-state index in [4.69, 9.17) is 4.99 Å². The van der Waals surface area contributed by atoms with Gasteiger partial charge < -0.3 is 15.4 Å². The molecule has 5 rings (SSSR count). The normalized spacial score (nSPS) is 14.6. The third-order valence-electron chi connectivity index (χ3n) is 6.43. The zero-order valence-electron chi connectivity index (χ0n) is 20.4. The largest absolute Gasteiger partial charge is 0.494 e. The highest BCUT2D eigenvalue weighted by molar-refractivity contribution is 6.22. The molecule has 0 unspecified atom stereocenters. The first kappa shape index (κ1) is 23.6. The molecule has 0 spiro atoms. The van der Waals surface area contributed by atoms with E-state index < -0.39 is 0 Å². The molecule has 1 fully saturated rings. The molecular formula is C30H30N4O2. The smallest absolute Gasteiger partial charge is 0.248 e. The number of hydrogen-bond acceptors (Lipinski definition) is 4. The second kappa shape index (κ2) is 10.6. The molecule has 36 heavy (non-hydrogen) atoms. The third kappa shape index (κ3) is 5.24. The molecule has 0 saturated carbocycles. The number of aromatic amines is 1. The maximum atomic E-state index is 12.0. The van der Waals surface area contributed by atoms with Crippen LogP contribution in [-0.2, 0) is 11.3 Å². The Morgan fingerprint density at radius 2 is 1.81 bits per heavy atom. The molecular weight excluding hydrogens is 448 g/mol. The molecule has 3 N–H and O–H groups in total. The molecule has 0 aliphatic carbocycles. The molecule has 3 aromatic carbocycles. The van der Waals surface area contributed by atoms with Gasteiger partial charge in [-0.3, -0.25) is 9.69 Å². The van der Waals surface area contributed by atoms with Crippen molar-refractivity contribution in [1.82, 2.24) is 9.88 Å². The van der Waals surface area contributed by atoms with Gasteiger partial charge in [-0.25, -0.2) is 4.99 Å². The van der Waals surface area contributed by atoms with Gasteiger partial charge in [0.15, 0.2) is 5.88 Å². The molecule has 1 aliphatic heterocycles. The van der Waals surface area contributed by atoms with Crippen molar-refractivity contribution in [1.29, 1.82) is 0 Å². The molecule has 0 bridgehead atoms. The molecule has 1 aromatic heterocycles. The molecule has 1 saturated heterocycles. The topological polar surface area (TPSA) is 80.7 Å². The fourth-order valence-electron chi connectivity index (χ4n) is 4.70. The molecule has 0 radical (unpaired) electrons. The van der Waals surface area contributed by atoms with Crippen LogP contribution in [0.2, 0.25) is 0 Å². The van der Waals surface area contributed by atoms with Gasteiger partial charge in [0, 0.05) is 23.2 Å². The van der Waals surface area contributed by atoms with E-state index in [1.54, 1.807) is 13.0 Å². The van der Waals surface area contributed by atoms with Gasteiger partial charge in [0.2, 0.25) is 5.91 Å². The predicted octanol–water partition coefficient (Wildman–Crippen LogP) is 6.15. The van der Waals surface area contributed by atoms with Crippen molar-refractivity contribution in [3.63, 3.8) is 0 Å². The van der Waals surface area contributed by atoms with Crippen molar-refractivity contribution in [2.75, 3.05) is 18.4 Å². The Balaban J connectivity index is 1.52. The van der Waals surface area contributed by atoms with Crippen molar-refractivity contribution in [2.45, 2.75) is 26.3 Å². The van der Waals surface area contributed by atoms with E-state index >= 15 is 0 Å². The molecule has 4 aromatic rings. The van der Waals surface area contributed by atoms with Gasteiger partial charge in [-0.15, -0.1) is 0 Å². The van der Waals surface area contributed by atoms with Crippen LogP contribution in [0, 0.1) is 0 Å². The van der Waals surface area contributed by atoms with Gasteiger partial charge in [0.05, 0.1) is 22.5 Å². The van der Waals surface area contributed by atoms with Crippen LogP contribution in [0.1, 0.15) is 36.5 Å². The Bertz CT molecular complexity index is 1410. The maximum Gasteiger partial charge on any atom is 0.248 e. The van der Waals surface area contributed by atoms with E-state index in [2.05, 4.69) is 27.3 Å². The minimum Gasteiger partial charge on any atom is -0.494 e. The lowest BCUT2D eigenvalue weighted by molar-refractivity contribution is -0.111. The molecule has 2 heterocycles. The van der Waals surface area contributed by atoms with Crippen molar-refractivity contribution in [3.8, 4) is 5.88 Å². The maximum absolute atomic E-state index is 12.0. The number of benzene rings is 3. The number of amides is 1. The monoisotopic (exact) mass is 478 g/mol. The zero-order valence-corrected chi connectivity index (χ0v) is 20.4.